The van der Waals surface area contributed by atoms with E-state index in [9.17, 15) is 8.94 Å². The lowest BCUT2D eigenvalue weighted by molar-refractivity contribution is 0.311. The van der Waals surface area contributed by atoms with Gasteiger partial charge in [-0.05, 0) is 37.5 Å². The molecule has 4 heterocycles. The summed E-state index contributed by atoms with van der Waals surface area (Å²) in [5.41, 5.74) is 9.44. The monoisotopic (exact) mass is 484 g/mol. The number of nitrogens with zero attached hydrogens (tertiary/aromatic N) is 4. The highest BCUT2D eigenvalue weighted by atomic mass is 32.2. The highest BCUT2D eigenvalue weighted by molar-refractivity contribution is 7.94. The number of aromatic nitrogens is 4. The summed E-state index contributed by atoms with van der Waals surface area (Å²) in [5.74, 6) is -0.0402. The molecule has 4 aromatic rings. The fourth-order valence-corrected chi connectivity index (χ4v) is 6.80. The van der Waals surface area contributed by atoms with Gasteiger partial charge in [0.25, 0.3) is 0 Å². The van der Waals surface area contributed by atoms with Gasteiger partial charge in [0.05, 0.1) is 24.2 Å². The summed E-state index contributed by atoms with van der Waals surface area (Å²) in [4.78, 5) is 18.2. The smallest absolute Gasteiger partial charge is 0.232 e. The van der Waals surface area contributed by atoms with Gasteiger partial charge in [0, 0.05) is 46.6 Å². The normalized spacial score (nSPS) is 14.9. The van der Waals surface area contributed by atoms with Gasteiger partial charge in [0.15, 0.2) is 0 Å². The van der Waals surface area contributed by atoms with Crippen LogP contribution in [0.15, 0.2) is 41.0 Å². The number of aliphatic hydroxyl groups excluding tert-OH is 1. The van der Waals surface area contributed by atoms with Crippen LogP contribution in [-0.4, -0.2) is 48.0 Å². The maximum absolute atomic E-state index is 13.5. The zero-order chi connectivity index (χ0) is 22.9. The summed E-state index contributed by atoms with van der Waals surface area (Å²) in [6.07, 6.45) is 7.36. The topological polar surface area (TPSA) is 133 Å². The number of rotatable bonds is 7. The lowest BCUT2D eigenvalue weighted by Gasteiger charge is -2.27. The lowest BCUT2D eigenvalue weighted by atomic mass is 10.00. The number of fused-ring (bicyclic) bond motifs is 1. The van der Waals surface area contributed by atoms with Crippen molar-refractivity contribution in [3.63, 3.8) is 0 Å². The summed E-state index contributed by atoms with van der Waals surface area (Å²) >= 11 is 0.134. The molecule has 1 aliphatic carbocycles. The predicted molar refractivity (Wildman–Crippen MR) is 128 cm³/mol. The van der Waals surface area contributed by atoms with Gasteiger partial charge in [0.1, 0.15) is 21.6 Å². The Morgan fingerprint density at radius 3 is 2.61 bits per heavy atom. The fraction of sp³-hybridized carbons (Fsp3) is 0.273. The van der Waals surface area contributed by atoms with Crippen LogP contribution in [-0.2, 0) is 11.2 Å². The molecule has 1 unspecified atom stereocenters. The van der Waals surface area contributed by atoms with Gasteiger partial charge in [-0.1, -0.05) is 11.3 Å². The third kappa shape index (κ3) is 4.24. The number of nitrogen functional groups attached to an aromatic ring is 1. The first-order valence-corrected chi connectivity index (χ1v) is 12.5. The Bertz CT molecular complexity index is 1280. The average Bonchev–Trinajstić information content (AvgIpc) is 3.13. The Labute approximate surface area is 196 Å². The second kappa shape index (κ2) is 9.18. The number of nitrogens with two attached hydrogens (primary N) is 1. The first-order valence-electron chi connectivity index (χ1n) is 10.5. The highest BCUT2D eigenvalue weighted by Crippen LogP contribution is 2.45. The lowest BCUT2D eigenvalue weighted by Crippen LogP contribution is -2.28. The van der Waals surface area contributed by atoms with Gasteiger partial charge in [-0.25, -0.2) is 19.3 Å². The Kier molecular flexibility index (Phi) is 6.11. The van der Waals surface area contributed by atoms with E-state index in [0.717, 1.165) is 25.5 Å². The first kappa shape index (κ1) is 22.0. The van der Waals surface area contributed by atoms with E-state index in [-0.39, 0.29) is 11.9 Å². The molecule has 0 aromatic carbocycles. The van der Waals surface area contributed by atoms with E-state index in [2.05, 4.69) is 20.3 Å². The van der Waals surface area contributed by atoms with E-state index in [1.807, 2.05) is 6.07 Å². The van der Waals surface area contributed by atoms with Gasteiger partial charge in [0.2, 0.25) is 10.2 Å². The molecule has 0 saturated heterocycles. The summed E-state index contributed by atoms with van der Waals surface area (Å²) in [7, 11) is 0. The van der Waals surface area contributed by atoms with Crippen LogP contribution in [0.25, 0.3) is 32.7 Å². The van der Waals surface area contributed by atoms with Gasteiger partial charge in [-0.15, -0.1) is 0 Å². The quantitative estimate of drug-likeness (QED) is 0.339. The van der Waals surface area contributed by atoms with Crippen molar-refractivity contribution in [1.29, 1.82) is 0 Å². The third-order valence-corrected chi connectivity index (χ3v) is 8.85. The van der Waals surface area contributed by atoms with E-state index in [0.29, 0.717) is 55.1 Å². The molecule has 4 aromatic heterocycles. The van der Waals surface area contributed by atoms with Crippen molar-refractivity contribution in [3.8, 4) is 22.5 Å². The molecule has 4 N–H and O–H groups in total. The molecule has 5 rings (SSSR count). The van der Waals surface area contributed by atoms with Crippen molar-refractivity contribution in [2.24, 2.45) is 0 Å². The number of hydrogen-bond acceptors (Lipinski definition) is 9. The van der Waals surface area contributed by atoms with Crippen molar-refractivity contribution in [3.05, 3.63) is 42.6 Å². The molecular weight excluding hydrogens is 463 g/mol. The molecule has 1 atom stereocenters. The van der Waals surface area contributed by atoms with Crippen LogP contribution in [0.5, 0.6) is 0 Å². The Morgan fingerprint density at radius 2 is 1.97 bits per heavy atom. The molecule has 0 amide bonds. The maximum atomic E-state index is 13.5. The van der Waals surface area contributed by atoms with Gasteiger partial charge >= 0.3 is 0 Å². The van der Waals surface area contributed by atoms with Crippen molar-refractivity contribution >= 4 is 44.4 Å². The molecule has 1 saturated carbocycles. The largest absolute Gasteiger partial charge is 0.611 e. The molecule has 170 valence electrons. The number of halogens is 1. The summed E-state index contributed by atoms with van der Waals surface area (Å²) < 4.78 is 27.3. The predicted octanol–water partition coefficient (Wildman–Crippen LogP) is 3.60. The van der Waals surface area contributed by atoms with Crippen LogP contribution in [0.1, 0.15) is 19.3 Å². The molecule has 11 heteroatoms. The third-order valence-electron chi connectivity index (χ3n) is 5.55. The van der Waals surface area contributed by atoms with Crippen LogP contribution < -0.4 is 11.1 Å². The molecule has 1 aliphatic rings. The zero-order valence-corrected chi connectivity index (χ0v) is 19.1. The highest BCUT2D eigenvalue weighted by Gasteiger charge is 2.35. The second-order valence-electron chi connectivity index (χ2n) is 7.70. The summed E-state index contributed by atoms with van der Waals surface area (Å²) in [6, 6.07) is 4.75. The molecular formula is C22H21FN6O2S2. The first-order chi connectivity index (χ1) is 16.0. The number of anilines is 2. The van der Waals surface area contributed by atoms with Crippen LogP contribution in [0.4, 0.5) is 16.0 Å². The second-order valence-corrected chi connectivity index (χ2v) is 10.6. The van der Waals surface area contributed by atoms with Gasteiger partial charge in [-0.2, -0.15) is 0 Å². The van der Waals surface area contributed by atoms with Crippen molar-refractivity contribution in [1.82, 2.24) is 19.9 Å². The molecule has 0 radical (unpaired) electrons. The van der Waals surface area contributed by atoms with Crippen LogP contribution in [0, 0.1) is 5.82 Å². The fourth-order valence-electron chi connectivity index (χ4n) is 3.59. The van der Waals surface area contributed by atoms with Crippen LogP contribution in [0.2, 0.25) is 0 Å². The molecule has 8 nitrogen and oxygen atoms in total. The van der Waals surface area contributed by atoms with E-state index in [4.69, 9.17) is 15.8 Å². The van der Waals surface area contributed by atoms with Crippen molar-refractivity contribution in [2.45, 2.75) is 28.7 Å². The van der Waals surface area contributed by atoms with Crippen LogP contribution >= 0.6 is 11.3 Å². The maximum Gasteiger partial charge on any atom is 0.232 e. The Hall–Kier alpha value is -2.86. The molecule has 0 spiro atoms. The number of nitrogens with one attached hydrogen (secondary N) is 1. The minimum Gasteiger partial charge on any atom is -0.611 e. The number of pyridine rings is 2. The number of thiophene rings is 1. The van der Waals surface area contributed by atoms with E-state index >= 15 is 0 Å². The Balaban J connectivity index is 1.64. The summed E-state index contributed by atoms with van der Waals surface area (Å²) in [5, 5.41) is 12.6. The summed E-state index contributed by atoms with van der Waals surface area (Å²) in [6.45, 7) is 0.320. The van der Waals surface area contributed by atoms with Crippen LogP contribution in [0.3, 0.4) is 0 Å². The number of hydrogen-bond donors (Lipinski definition) is 3. The average molecular weight is 485 g/mol. The van der Waals surface area contributed by atoms with Gasteiger partial charge < -0.3 is 20.7 Å². The van der Waals surface area contributed by atoms with E-state index in [1.54, 1.807) is 18.5 Å². The van der Waals surface area contributed by atoms with Crippen molar-refractivity contribution < 1.29 is 14.0 Å². The molecule has 33 heavy (non-hydrogen) atoms. The number of aliphatic hydroxyl groups is 1. The molecule has 0 bridgehead atoms. The van der Waals surface area contributed by atoms with E-state index < -0.39 is 17.0 Å². The molecule has 1 fully saturated rings. The van der Waals surface area contributed by atoms with Gasteiger partial charge in [-0.3, -0.25) is 4.98 Å². The molecule has 0 aliphatic heterocycles. The Morgan fingerprint density at radius 1 is 1.18 bits per heavy atom. The SMILES string of the molecule is Nc1c([S+]([O-])C2CCC2)sc2nc(-c3cnc(NCCO)nc3)cc(-c3ccc(F)cn3)c12. The van der Waals surface area contributed by atoms with Crippen molar-refractivity contribution in [2.75, 3.05) is 24.2 Å². The minimum atomic E-state index is -1.19. The minimum absolute atomic E-state index is 0.0261. The van der Waals surface area contributed by atoms with E-state index in [1.165, 1.54) is 17.4 Å². The standard InChI is InChI=1S/C22H21FN6O2S2/c23-13-4-5-16(26-11-13)15-8-17(12-9-27-22(28-10-12)25-6-7-30)29-20-18(15)19(24)21(32-20)33(31)14-2-1-3-14/h4-5,8-11,14,30H,1-3,6-7,24H2,(H,25,27,28). The zero-order valence-electron chi connectivity index (χ0n) is 17.5.